The summed E-state index contributed by atoms with van der Waals surface area (Å²) in [7, 11) is -7.84. The molecule has 1 saturated heterocycles. The van der Waals surface area contributed by atoms with Crippen molar-refractivity contribution < 1.29 is 26.7 Å². The lowest BCUT2D eigenvalue weighted by Gasteiger charge is -2.33. The molecular weight excluding hydrogens is 478 g/mol. The van der Waals surface area contributed by atoms with Gasteiger partial charge >= 0.3 is 0 Å². The minimum absolute atomic E-state index is 0.0304. The zero-order valence-electron chi connectivity index (χ0n) is 17.2. The van der Waals surface area contributed by atoms with Gasteiger partial charge in [0.05, 0.1) is 19.6 Å². The van der Waals surface area contributed by atoms with Crippen molar-refractivity contribution in [1.82, 2.24) is 13.9 Å². The van der Waals surface area contributed by atoms with Gasteiger partial charge in [0.1, 0.15) is 0 Å². The summed E-state index contributed by atoms with van der Waals surface area (Å²) < 4.78 is 54.0. The van der Waals surface area contributed by atoms with Crippen LogP contribution in [0, 0.1) is 20.2 Å². The van der Waals surface area contributed by atoms with E-state index in [0.717, 1.165) is 12.1 Å². The van der Waals surface area contributed by atoms with Crippen LogP contribution >= 0.6 is 0 Å². The van der Waals surface area contributed by atoms with E-state index in [1.54, 1.807) is 0 Å². The number of non-ortho nitro benzene ring substituents is 2. The van der Waals surface area contributed by atoms with Crippen molar-refractivity contribution >= 4 is 31.4 Å². The van der Waals surface area contributed by atoms with E-state index in [0.29, 0.717) is 19.6 Å². The van der Waals surface area contributed by atoms with E-state index in [4.69, 9.17) is 0 Å². The second kappa shape index (κ2) is 9.88. The Balaban J connectivity index is 1.54. The Morgan fingerprint density at radius 1 is 0.818 bits per heavy atom. The molecule has 178 valence electrons. The fourth-order valence-corrected chi connectivity index (χ4v) is 5.81. The molecule has 0 atom stereocenters. The number of hydrogen-bond donors (Lipinski definition) is 1. The number of nitrogens with one attached hydrogen (secondary N) is 1. The van der Waals surface area contributed by atoms with Crippen LogP contribution in [0.25, 0.3) is 0 Å². The minimum Gasteiger partial charge on any atom is -0.299 e. The van der Waals surface area contributed by atoms with E-state index in [-0.39, 0.29) is 40.8 Å². The van der Waals surface area contributed by atoms with Crippen LogP contribution in [0.5, 0.6) is 0 Å². The van der Waals surface area contributed by atoms with Crippen LogP contribution in [0.2, 0.25) is 0 Å². The molecule has 0 spiro atoms. The molecule has 1 heterocycles. The van der Waals surface area contributed by atoms with Crippen LogP contribution in [-0.4, -0.2) is 75.2 Å². The lowest BCUT2D eigenvalue weighted by molar-refractivity contribution is -0.385. The molecule has 15 heteroatoms. The number of sulfonamides is 2. The fourth-order valence-electron chi connectivity index (χ4n) is 3.29. The highest BCUT2D eigenvalue weighted by atomic mass is 32.2. The first-order valence-electron chi connectivity index (χ1n) is 9.72. The van der Waals surface area contributed by atoms with Crippen molar-refractivity contribution in [2.75, 3.05) is 39.3 Å². The Hall–Kier alpha value is -2.98. The summed E-state index contributed by atoms with van der Waals surface area (Å²) >= 11 is 0. The molecular formula is C18H21N5O8S2. The largest absolute Gasteiger partial charge is 0.299 e. The first-order chi connectivity index (χ1) is 15.5. The van der Waals surface area contributed by atoms with E-state index < -0.39 is 29.9 Å². The lowest BCUT2D eigenvalue weighted by atomic mass is 10.3. The average molecular weight is 500 g/mol. The average Bonchev–Trinajstić information content (AvgIpc) is 2.79. The van der Waals surface area contributed by atoms with E-state index in [1.165, 1.54) is 40.7 Å². The standard InChI is InChI=1S/C18H21N5O8S2/c24-22(25)15-3-1-5-17(13-15)32(28,29)19-7-8-20-9-11-21(12-10-20)33(30,31)18-6-2-4-16(14-18)23(26)27/h1-6,13-14,19H,7-12H2. The predicted molar refractivity (Wildman–Crippen MR) is 117 cm³/mol. The van der Waals surface area contributed by atoms with Crippen LogP contribution in [0.1, 0.15) is 0 Å². The van der Waals surface area contributed by atoms with Gasteiger partial charge in [-0.2, -0.15) is 4.31 Å². The lowest BCUT2D eigenvalue weighted by Crippen LogP contribution is -2.50. The van der Waals surface area contributed by atoms with Gasteiger partial charge in [0.15, 0.2) is 0 Å². The van der Waals surface area contributed by atoms with Crippen molar-refractivity contribution in [3.63, 3.8) is 0 Å². The Morgan fingerprint density at radius 2 is 1.33 bits per heavy atom. The van der Waals surface area contributed by atoms with Gasteiger partial charge in [0, 0.05) is 63.5 Å². The molecule has 0 saturated carbocycles. The number of hydrogen-bond acceptors (Lipinski definition) is 9. The number of rotatable bonds is 9. The first-order valence-corrected chi connectivity index (χ1v) is 12.6. The van der Waals surface area contributed by atoms with Crippen LogP contribution < -0.4 is 4.72 Å². The van der Waals surface area contributed by atoms with Crippen molar-refractivity contribution in [1.29, 1.82) is 0 Å². The molecule has 0 amide bonds. The van der Waals surface area contributed by atoms with Gasteiger partial charge in [-0.05, 0) is 12.1 Å². The van der Waals surface area contributed by atoms with Crippen LogP contribution in [0.15, 0.2) is 58.3 Å². The first kappa shape index (κ1) is 24.7. The molecule has 1 fully saturated rings. The van der Waals surface area contributed by atoms with Gasteiger partial charge in [-0.15, -0.1) is 0 Å². The van der Waals surface area contributed by atoms with Gasteiger partial charge in [-0.25, -0.2) is 21.6 Å². The van der Waals surface area contributed by atoms with E-state index in [1.807, 2.05) is 4.90 Å². The molecule has 0 aliphatic carbocycles. The van der Waals surface area contributed by atoms with Crippen molar-refractivity contribution in [3.05, 3.63) is 68.8 Å². The molecule has 1 N–H and O–H groups in total. The highest BCUT2D eigenvalue weighted by molar-refractivity contribution is 7.89. The second-order valence-corrected chi connectivity index (χ2v) is 10.9. The third-order valence-electron chi connectivity index (χ3n) is 5.06. The maximum Gasteiger partial charge on any atom is 0.270 e. The van der Waals surface area contributed by atoms with Crippen LogP contribution in [-0.2, 0) is 20.0 Å². The molecule has 33 heavy (non-hydrogen) atoms. The number of nitro groups is 2. The summed E-state index contributed by atoms with van der Waals surface area (Å²) in [6, 6.07) is 9.56. The number of benzene rings is 2. The maximum absolute atomic E-state index is 12.8. The number of nitrogens with zero attached hydrogens (tertiary/aromatic N) is 4. The van der Waals surface area contributed by atoms with Crippen molar-refractivity contribution in [3.8, 4) is 0 Å². The molecule has 13 nitrogen and oxygen atoms in total. The molecule has 3 rings (SSSR count). The normalized spacial score (nSPS) is 15.9. The van der Waals surface area contributed by atoms with E-state index in [9.17, 15) is 37.1 Å². The van der Waals surface area contributed by atoms with E-state index >= 15 is 0 Å². The molecule has 0 unspecified atom stereocenters. The molecule has 1 aliphatic heterocycles. The predicted octanol–water partition coefficient (Wildman–Crippen LogP) is 0.788. The van der Waals surface area contributed by atoms with Gasteiger partial charge in [-0.1, -0.05) is 12.1 Å². The molecule has 2 aromatic carbocycles. The topological polar surface area (TPSA) is 173 Å². The van der Waals surface area contributed by atoms with Crippen molar-refractivity contribution in [2.45, 2.75) is 9.79 Å². The summed E-state index contributed by atoms with van der Waals surface area (Å²) in [4.78, 5) is 21.9. The van der Waals surface area contributed by atoms with Gasteiger partial charge < -0.3 is 0 Å². The third-order valence-corrected chi connectivity index (χ3v) is 8.41. The molecule has 2 aromatic rings. The molecule has 1 aliphatic rings. The number of piperazine rings is 1. The van der Waals surface area contributed by atoms with Crippen LogP contribution in [0.3, 0.4) is 0 Å². The summed E-state index contributed by atoms with van der Waals surface area (Å²) in [5.41, 5.74) is -0.648. The Labute approximate surface area is 190 Å². The molecule has 0 radical (unpaired) electrons. The Kier molecular flexibility index (Phi) is 7.38. The van der Waals surface area contributed by atoms with Crippen molar-refractivity contribution in [2.24, 2.45) is 0 Å². The minimum atomic E-state index is -3.94. The molecule has 0 bridgehead atoms. The van der Waals surface area contributed by atoms with Gasteiger partial charge in [-0.3, -0.25) is 25.1 Å². The highest BCUT2D eigenvalue weighted by Crippen LogP contribution is 2.22. The Morgan fingerprint density at radius 3 is 1.88 bits per heavy atom. The van der Waals surface area contributed by atoms with E-state index in [2.05, 4.69) is 4.72 Å². The molecule has 0 aromatic heterocycles. The second-order valence-electron chi connectivity index (χ2n) is 7.15. The smallest absolute Gasteiger partial charge is 0.270 e. The highest BCUT2D eigenvalue weighted by Gasteiger charge is 2.29. The third kappa shape index (κ3) is 5.88. The van der Waals surface area contributed by atoms with Gasteiger partial charge in [0.2, 0.25) is 20.0 Å². The summed E-state index contributed by atoms with van der Waals surface area (Å²) in [6.07, 6.45) is 0. The summed E-state index contributed by atoms with van der Waals surface area (Å²) in [5, 5.41) is 21.8. The zero-order chi connectivity index (χ0) is 24.2. The number of nitro benzene ring substituents is 2. The SMILES string of the molecule is O=[N+]([O-])c1cccc(S(=O)(=O)NCCN2CCN(S(=O)(=O)c3cccc([N+](=O)[O-])c3)CC2)c1. The van der Waals surface area contributed by atoms with Crippen LogP contribution in [0.4, 0.5) is 11.4 Å². The summed E-state index contributed by atoms with van der Waals surface area (Å²) in [6.45, 7) is 1.30. The Bertz CT molecular complexity index is 1260. The maximum atomic E-state index is 12.8. The van der Waals surface area contributed by atoms with Gasteiger partial charge in [0.25, 0.3) is 11.4 Å². The zero-order valence-corrected chi connectivity index (χ0v) is 18.9. The monoisotopic (exact) mass is 499 g/mol. The fraction of sp³-hybridized carbons (Fsp3) is 0.333. The summed E-state index contributed by atoms with van der Waals surface area (Å²) in [5.74, 6) is 0. The quantitative estimate of drug-likeness (QED) is 0.386.